The Morgan fingerprint density at radius 2 is 1.77 bits per heavy atom. The third-order valence-electron chi connectivity index (χ3n) is 5.06. The number of benzene rings is 1. The van der Waals surface area contributed by atoms with E-state index in [1.165, 1.54) is 8.61 Å². The second kappa shape index (κ2) is 7.94. The predicted octanol–water partition coefficient (Wildman–Crippen LogP) is 2.10. The van der Waals surface area contributed by atoms with Crippen LogP contribution in [0.4, 0.5) is 0 Å². The van der Waals surface area contributed by atoms with Gasteiger partial charge in [-0.1, -0.05) is 12.1 Å². The van der Waals surface area contributed by atoms with Gasteiger partial charge in [0.1, 0.15) is 11.8 Å². The average molecular weight is 382 g/mol. The third-order valence-corrected chi connectivity index (χ3v) is 7.12. The molecule has 2 aliphatic heterocycles. The SMILES string of the molecule is CCOC(=O)[C@H]1CCCN1S(=O)(=O)N1CCC[C@H]1c1ccc(OC)cc1. The van der Waals surface area contributed by atoms with Crippen molar-refractivity contribution in [1.29, 1.82) is 0 Å². The number of esters is 1. The van der Waals surface area contributed by atoms with Crippen molar-refractivity contribution in [3.05, 3.63) is 29.8 Å². The van der Waals surface area contributed by atoms with Crippen LogP contribution in [0.3, 0.4) is 0 Å². The summed E-state index contributed by atoms with van der Waals surface area (Å²) in [6.07, 6.45) is 2.75. The zero-order valence-electron chi connectivity index (χ0n) is 15.3. The Morgan fingerprint density at radius 1 is 1.12 bits per heavy atom. The molecule has 0 amide bonds. The highest BCUT2D eigenvalue weighted by Gasteiger charge is 2.45. The highest BCUT2D eigenvalue weighted by molar-refractivity contribution is 7.86. The molecule has 2 fully saturated rings. The normalized spacial score (nSPS) is 24.7. The van der Waals surface area contributed by atoms with E-state index in [9.17, 15) is 13.2 Å². The lowest BCUT2D eigenvalue weighted by molar-refractivity contribution is -0.146. The highest BCUT2D eigenvalue weighted by Crippen LogP contribution is 2.37. The second-order valence-corrected chi connectivity index (χ2v) is 8.40. The quantitative estimate of drug-likeness (QED) is 0.705. The van der Waals surface area contributed by atoms with E-state index in [1.807, 2.05) is 24.3 Å². The first-order valence-corrected chi connectivity index (χ1v) is 10.5. The molecule has 2 atom stereocenters. The van der Waals surface area contributed by atoms with E-state index in [4.69, 9.17) is 9.47 Å². The molecule has 1 aromatic carbocycles. The molecule has 7 nitrogen and oxygen atoms in total. The van der Waals surface area contributed by atoms with Gasteiger partial charge in [0.15, 0.2) is 0 Å². The van der Waals surface area contributed by atoms with Gasteiger partial charge in [0.05, 0.1) is 19.8 Å². The number of nitrogens with zero attached hydrogens (tertiary/aromatic N) is 2. The summed E-state index contributed by atoms with van der Waals surface area (Å²) < 4.78 is 39.7. The van der Waals surface area contributed by atoms with Crippen molar-refractivity contribution in [3.8, 4) is 5.75 Å². The Morgan fingerprint density at radius 3 is 2.42 bits per heavy atom. The fourth-order valence-corrected chi connectivity index (χ4v) is 5.85. The Bertz CT molecular complexity index is 734. The van der Waals surface area contributed by atoms with Crippen LogP contribution in [-0.2, 0) is 19.7 Å². The van der Waals surface area contributed by atoms with Crippen LogP contribution in [0.15, 0.2) is 24.3 Å². The van der Waals surface area contributed by atoms with Crippen molar-refractivity contribution in [2.24, 2.45) is 0 Å². The smallest absolute Gasteiger partial charge is 0.324 e. The van der Waals surface area contributed by atoms with Gasteiger partial charge in [-0.25, -0.2) is 0 Å². The molecule has 0 aliphatic carbocycles. The molecule has 0 saturated carbocycles. The molecule has 0 radical (unpaired) electrons. The van der Waals surface area contributed by atoms with Gasteiger partial charge in [-0.15, -0.1) is 0 Å². The fraction of sp³-hybridized carbons (Fsp3) is 0.611. The molecule has 0 spiro atoms. The minimum absolute atomic E-state index is 0.214. The average Bonchev–Trinajstić information content (AvgIpc) is 3.32. The molecule has 26 heavy (non-hydrogen) atoms. The maximum Gasteiger partial charge on any atom is 0.324 e. The van der Waals surface area contributed by atoms with Gasteiger partial charge in [-0.2, -0.15) is 17.0 Å². The zero-order valence-corrected chi connectivity index (χ0v) is 16.1. The predicted molar refractivity (Wildman–Crippen MR) is 97.0 cm³/mol. The van der Waals surface area contributed by atoms with Gasteiger partial charge in [0.25, 0.3) is 10.2 Å². The molecule has 2 aliphatic rings. The standard InChI is InChI=1S/C18H26N2O5S/c1-3-25-18(21)17-7-5-13-20(17)26(22,23)19-12-4-6-16(19)14-8-10-15(24-2)11-9-14/h8-11,16-17H,3-7,12-13H2,1-2H3/t16-,17+/m0/s1. The molecule has 0 bridgehead atoms. The van der Waals surface area contributed by atoms with Crippen LogP contribution in [0.2, 0.25) is 0 Å². The maximum absolute atomic E-state index is 13.3. The van der Waals surface area contributed by atoms with E-state index >= 15 is 0 Å². The summed E-state index contributed by atoms with van der Waals surface area (Å²) in [6.45, 7) is 2.80. The number of methoxy groups -OCH3 is 1. The van der Waals surface area contributed by atoms with Gasteiger partial charge in [-0.05, 0) is 50.3 Å². The Hall–Kier alpha value is -1.64. The zero-order chi connectivity index (χ0) is 18.7. The van der Waals surface area contributed by atoms with Gasteiger partial charge < -0.3 is 9.47 Å². The molecular weight excluding hydrogens is 356 g/mol. The second-order valence-electron chi connectivity index (χ2n) is 6.57. The Kier molecular flexibility index (Phi) is 5.84. The molecular formula is C18H26N2O5S. The molecule has 8 heteroatoms. The van der Waals surface area contributed by atoms with Gasteiger partial charge in [-0.3, -0.25) is 4.79 Å². The number of hydrogen-bond acceptors (Lipinski definition) is 5. The van der Waals surface area contributed by atoms with E-state index < -0.39 is 22.2 Å². The van der Waals surface area contributed by atoms with E-state index in [1.54, 1.807) is 14.0 Å². The molecule has 0 aromatic heterocycles. The molecule has 2 saturated heterocycles. The van der Waals surface area contributed by atoms with Gasteiger partial charge in [0.2, 0.25) is 0 Å². The van der Waals surface area contributed by atoms with Gasteiger partial charge in [0, 0.05) is 13.1 Å². The summed E-state index contributed by atoms with van der Waals surface area (Å²) in [5, 5.41) is 0. The van der Waals surface area contributed by atoms with E-state index in [0.717, 1.165) is 24.2 Å². The van der Waals surface area contributed by atoms with E-state index in [2.05, 4.69) is 0 Å². The minimum atomic E-state index is -3.73. The minimum Gasteiger partial charge on any atom is -0.497 e. The number of hydrogen-bond donors (Lipinski definition) is 0. The number of carbonyl (C=O) groups is 1. The summed E-state index contributed by atoms with van der Waals surface area (Å²) in [7, 11) is -2.13. The monoisotopic (exact) mass is 382 g/mol. The third kappa shape index (κ3) is 3.58. The van der Waals surface area contributed by atoms with Crippen molar-refractivity contribution in [3.63, 3.8) is 0 Å². The van der Waals surface area contributed by atoms with Gasteiger partial charge >= 0.3 is 5.97 Å². The number of ether oxygens (including phenoxy) is 2. The lowest BCUT2D eigenvalue weighted by Crippen LogP contribution is -2.48. The maximum atomic E-state index is 13.3. The highest BCUT2D eigenvalue weighted by atomic mass is 32.2. The first-order chi connectivity index (χ1) is 12.5. The van der Waals surface area contributed by atoms with Crippen LogP contribution >= 0.6 is 0 Å². The Labute approximate surface area is 155 Å². The summed E-state index contributed by atoms with van der Waals surface area (Å²) in [5.74, 6) is 0.289. The largest absolute Gasteiger partial charge is 0.497 e. The van der Waals surface area contributed by atoms with Crippen LogP contribution in [0.25, 0.3) is 0 Å². The lowest BCUT2D eigenvalue weighted by Gasteiger charge is -2.31. The number of carbonyl (C=O) groups excluding carboxylic acids is 1. The van der Waals surface area contributed by atoms with Crippen LogP contribution in [0.1, 0.15) is 44.2 Å². The van der Waals surface area contributed by atoms with Crippen molar-refractivity contribution in [1.82, 2.24) is 8.61 Å². The number of rotatable bonds is 6. The van der Waals surface area contributed by atoms with Crippen molar-refractivity contribution < 1.29 is 22.7 Å². The lowest BCUT2D eigenvalue weighted by atomic mass is 10.1. The molecule has 0 unspecified atom stereocenters. The summed E-state index contributed by atoms with van der Waals surface area (Å²) >= 11 is 0. The summed E-state index contributed by atoms with van der Waals surface area (Å²) in [5.41, 5.74) is 0.943. The fourth-order valence-electron chi connectivity index (χ4n) is 3.80. The molecule has 144 valence electrons. The van der Waals surface area contributed by atoms with Crippen molar-refractivity contribution in [2.45, 2.75) is 44.7 Å². The molecule has 1 aromatic rings. The van der Waals surface area contributed by atoms with Crippen LogP contribution in [0.5, 0.6) is 5.75 Å². The van der Waals surface area contributed by atoms with E-state index in [-0.39, 0.29) is 12.6 Å². The van der Waals surface area contributed by atoms with Crippen molar-refractivity contribution >= 4 is 16.2 Å². The molecule has 3 rings (SSSR count). The summed E-state index contributed by atoms with van der Waals surface area (Å²) in [6, 6.07) is 6.58. The summed E-state index contributed by atoms with van der Waals surface area (Å²) in [4.78, 5) is 12.2. The topological polar surface area (TPSA) is 76.2 Å². The van der Waals surface area contributed by atoms with Crippen LogP contribution < -0.4 is 4.74 Å². The Balaban J connectivity index is 1.83. The van der Waals surface area contributed by atoms with Crippen LogP contribution in [-0.4, -0.2) is 55.8 Å². The molecule has 0 N–H and O–H groups in total. The first kappa shape index (κ1) is 19.1. The van der Waals surface area contributed by atoms with Crippen molar-refractivity contribution in [2.75, 3.05) is 26.8 Å². The first-order valence-electron chi connectivity index (χ1n) is 9.08. The van der Waals surface area contributed by atoms with Crippen LogP contribution in [0, 0.1) is 0 Å². The molecule has 2 heterocycles. The van der Waals surface area contributed by atoms with E-state index in [0.29, 0.717) is 25.9 Å².